The molecule has 0 saturated carbocycles. The van der Waals surface area contributed by atoms with Gasteiger partial charge in [0.1, 0.15) is 47.0 Å². The zero-order valence-corrected chi connectivity index (χ0v) is 20.7. The average molecular weight is 566 g/mol. The third-order valence-electron chi connectivity index (χ3n) is 6.04. The molecular weight excluding hydrogens is 547 g/mol. The van der Waals surface area contributed by atoms with Crippen LogP contribution in [-0.4, -0.2) is 0 Å². The van der Waals surface area contributed by atoms with Gasteiger partial charge in [0.25, 0.3) is 0 Å². The number of rotatable bonds is 7. The Morgan fingerprint density at radius 1 is 0.675 bits per heavy atom. The normalized spacial score (nSPS) is 12.3. The van der Waals surface area contributed by atoms with E-state index in [2.05, 4.69) is 0 Å². The lowest BCUT2D eigenvalue weighted by Gasteiger charge is -2.12. The predicted molar refractivity (Wildman–Crippen MR) is 132 cm³/mol. The van der Waals surface area contributed by atoms with Crippen LogP contribution in [0.2, 0.25) is 0 Å². The van der Waals surface area contributed by atoms with Crippen molar-refractivity contribution in [2.24, 2.45) is 0 Å². The van der Waals surface area contributed by atoms with Crippen LogP contribution in [0.1, 0.15) is 30.0 Å². The Balaban J connectivity index is 1.48. The van der Waals surface area contributed by atoms with Gasteiger partial charge in [-0.3, -0.25) is 0 Å². The monoisotopic (exact) mass is 566 g/mol. The maximum absolute atomic E-state index is 14.8. The second kappa shape index (κ2) is 11.5. The zero-order valence-electron chi connectivity index (χ0n) is 20.7. The molecule has 10 heteroatoms. The second-order valence-electron chi connectivity index (χ2n) is 8.70. The molecule has 0 unspecified atom stereocenters. The Hall–Kier alpha value is -4.21. The van der Waals surface area contributed by atoms with Crippen molar-refractivity contribution in [3.05, 3.63) is 119 Å². The van der Waals surface area contributed by atoms with Gasteiger partial charge in [0.15, 0.2) is 5.83 Å². The maximum atomic E-state index is 14.8. The first-order valence-electron chi connectivity index (χ1n) is 11.8. The summed E-state index contributed by atoms with van der Waals surface area (Å²) in [6, 6.07) is 14.1. The standard InChI is InChI=1S/C30H19F9O/c1-2-23(31)29(36)18-3-4-19(24(32)12-18)15-40-21-8-5-16(6-9-21)17-7-10-22(25(33)11-17)20-13-26(34)28(27(35)14-20)30(37,38)39/h3-14H,2,15H2,1H3. The molecule has 0 spiro atoms. The van der Waals surface area contributed by atoms with Crippen LogP contribution in [0.15, 0.2) is 78.6 Å². The Kier molecular flexibility index (Phi) is 8.27. The summed E-state index contributed by atoms with van der Waals surface area (Å²) in [5.74, 6) is -7.20. The summed E-state index contributed by atoms with van der Waals surface area (Å²) in [7, 11) is 0. The molecule has 0 fully saturated rings. The SMILES string of the molecule is CCC(F)=C(F)c1ccc(COc2ccc(-c3ccc(-c4cc(F)c(C(F)(F)F)c(F)c4)c(F)c3)cc2)c(F)c1. The summed E-state index contributed by atoms with van der Waals surface area (Å²) in [5.41, 5.74) is -2.00. The molecule has 0 atom stereocenters. The highest BCUT2D eigenvalue weighted by molar-refractivity contribution is 5.71. The molecule has 1 nitrogen and oxygen atoms in total. The Labute approximate surface area is 223 Å². The van der Waals surface area contributed by atoms with E-state index >= 15 is 0 Å². The van der Waals surface area contributed by atoms with E-state index in [0.717, 1.165) is 12.1 Å². The predicted octanol–water partition coefficient (Wildman–Crippen LogP) is 10.2. The zero-order chi connectivity index (χ0) is 29.2. The van der Waals surface area contributed by atoms with E-state index in [1.165, 1.54) is 43.3 Å². The van der Waals surface area contributed by atoms with Gasteiger partial charge in [0, 0.05) is 16.7 Å². The Bertz CT molecular complexity index is 1550. The molecule has 0 heterocycles. The third kappa shape index (κ3) is 6.16. The van der Waals surface area contributed by atoms with Gasteiger partial charge in [-0.05, 0) is 59.5 Å². The number of hydrogen-bond donors (Lipinski definition) is 0. The van der Waals surface area contributed by atoms with E-state index in [1.807, 2.05) is 0 Å². The molecule has 0 aromatic heterocycles. The van der Waals surface area contributed by atoms with Crippen molar-refractivity contribution in [3.8, 4) is 28.0 Å². The van der Waals surface area contributed by atoms with Crippen molar-refractivity contribution in [1.82, 2.24) is 0 Å². The lowest BCUT2D eigenvalue weighted by molar-refractivity contribution is -0.142. The van der Waals surface area contributed by atoms with Gasteiger partial charge < -0.3 is 4.74 Å². The molecule has 0 aliphatic heterocycles. The summed E-state index contributed by atoms with van der Waals surface area (Å²) in [6.45, 7) is 1.22. The molecule has 0 amide bonds. The molecule has 0 radical (unpaired) electrons. The van der Waals surface area contributed by atoms with E-state index in [9.17, 15) is 39.5 Å². The van der Waals surface area contributed by atoms with Crippen LogP contribution in [-0.2, 0) is 12.8 Å². The largest absolute Gasteiger partial charge is 0.489 e. The number of ether oxygens (including phenoxy) is 1. The fourth-order valence-electron chi connectivity index (χ4n) is 3.95. The van der Waals surface area contributed by atoms with Crippen LogP contribution in [0.5, 0.6) is 5.75 Å². The van der Waals surface area contributed by atoms with E-state index in [-0.39, 0.29) is 29.7 Å². The van der Waals surface area contributed by atoms with E-state index in [1.54, 1.807) is 12.1 Å². The minimum absolute atomic E-state index is 0.103. The molecule has 0 N–H and O–H groups in total. The van der Waals surface area contributed by atoms with Crippen molar-refractivity contribution in [2.45, 2.75) is 26.1 Å². The molecule has 0 aliphatic carbocycles. The molecule has 0 bridgehead atoms. The van der Waals surface area contributed by atoms with Gasteiger partial charge in [-0.15, -0.1) is 0 Å². The van der Waals surface area contributed by atoms with Crippen molar-refractivity contribution in [1.29, 1.82) is 0 Å². The molecule has 4 aromatic rings. The van der Waals surface area contributed by atoms with Crippen molar-refractivity contribution < 1.29 is 44.3 Å². The Morgan fingerprint density at radius 3 is 1.82 bits per heavy atom. The summed E-state index contributed by atoms with van der Waals surface area (Å²) >= 11 is 0. The fraction of sp³-hybridized carbons (Fsp3) is 0.133. The van der Waals surface area contributed by atoms with Gasteiger partial charge in [-0.2, -0.15) is 13.2 Å². The van der Waals surface area contributed by atoms with Crippen LogP contribution in [0, 0.1) is 23.3 Å². The van der Waals surface area contributed by atoms with Crippen LogP contribution < -0.4 is 4.74 Å². The smallest absolute Gasteiger partial charge is 0.422 e. The average Bonchev–Trinajstić information content (AvgIpc) is 2.90. The summed E-state index contributed by atoms with van der Waals surface area (Å²) in [5, 5.41) is 0. The molecule has 208 valence electrons. The fourth-order valence-corrected chi connectivity index (χ4v) is 3.95. The van der Waals surface area contributed by atoms with Crippen LogP contribution in [0.4, 0.5) is 39.5 Å². The van der Waals surface area contributed by atoms with Gasteiger partial charge in [0.05, 0.1) is 0 Å². The highest BCUT2D eigenvalue weighted by Crippen LogP contribution is 2.37. The van der Waals surface area contributed by atoms with Gasteiger partial charge >= 0.3 is 6.18 Å². The van der Waals surface area contributed by atoms with E-state index in [0.29, 0.717) is 29.0 Å². The molecule has 0 aliphatic rings. The van der Waals surface area contributed by atoms with Gasteiger partial charge in [0.2, 0.25) is 0 Å². The molecule has 4 aromatic carbocycles. The van der Waals surface area contributed by atoms with Crippen LogP contribution >= 0.6 is 0 Å². The first-order valence-corrected chi connectivity index (χ1v) is 11.8. The number of halogens is 9. The van der Waals surface area contributed by atoms with Crippen LogP contribution in [0.25, 0.3) is 28.1 Å². The minimum Gasteiger partial charge on any atom is -0.489 e. The quantitative estimate of drug-likeness (QED) is 0.202. The Morgan fingerprint density at radius 2 is 1.27 bits per heavy atom. The summed E-state index contributed by atoms with van der Waals surface area (Å²) < 4.78 is 128. The van der Waals surface area contributed by atoms with Gasteiger partial charge in [-0.1, -0.05) is 43.3 Å². The third-order valence-corrected chi connectivity index (χ3v) is 6.04. The minimum atomic E-state index is -5.24. The summed E-state index contributed by atoms with van der Waals surface area (Å²) in [4.78, 5) is 0. The van der Waals surface area contributed by atoms with Crippen molar-refractivity contribution in [3.63, 3.8) is 0 Å². The van der Waals surface area contributed by atoms with E-state index in [4.69, 9.17) is 4.74 Å². The number of benzene rings is 4. The summed E-state index contributed by atoms with van der Waals surface area (Å²) in [6.07, 6.45) is -5.40. The molecular formula is C30H19F9O. The van der Waals surface area contributed by atoms with Crippen molar-refractivity contribution >= 4 is 5.83 Å². The highest BCUT2D eigenvalue weighted by Gasteiger charge is 2.38. The molecule has 4 rings (SSSR count). The van der Waals surface area contributed by atoms with E-state index < -0.39 is 52.2 Å². The lowest BCUT2D eigenvalue weighted by atomic mass is 9.98. The highest BCUT2D eigenvalue weighted by atomic mass is 19.4. The molecule has 0 saturated heterocycles. The van der Waals surface area contributed by atoms with Gasteiger partial charge in [-0.25, -0.2) is 26.3 Å². The first kappa shape index (κ1) is 28.8. The first-order chi connectivity index (χ1) is 18.9. The lowest BCUT2D eigenvalue weighted by Crippen LogP contribution is -2.11. The number of alkyl halides is 3. The molecule has 40 heavy (non-hydrogen) atoms. The number of allylic oxidation sites excluding steroid dienone is 1. The van der Waals surface area contributed by atoms with Crippen molar-refractivity contribution in [2.75, 3.05) is 0 Å². The second-order valence-corrected chi connectivity index (χ2v) is 8.70. The maximum Gasteiger partial charge on any atom is 0.422 e. The topological polar surface area (TPSA) is 9.23 Å². The van der Waals surface area contributed by atoms with Crippen LogP contribution in [0.3, 0.4) is 0 Å². The number of hydrogen-bond acceptors (Lipinski definition) is 1.